The van der Waals surface area contributed by atoms with Gasteiger partial charge in [0.15, 0.2) is 0 Å². The Morgan fingerprint density at radius 2 is 1.95 bits per heavy atom. The lowest BCUT2D eigenvalue weighted by molar-refractivity contribution is -0.159. The van der Waals surface area contributed by atoms with E-state index in [0.717, 1.165) is 6.54 Å². The first kappa shape index (κ1) is 14.1. The van der Waals surface area contributed by atoms with Crippen LogP contribution < -0.4 is 5.32 Å². The van der Waals surface area contributed by atoms with Crippen LogP contribution in [-0.2, 0) is 9.53 Å². The topological polar surface area (TPSA) is 38.3 Å². The van der Waals surface area contributed by atoms with Crippen LogP contribution in [0.15, 0.2) is 24.3 Å². The van der Waals surface area contributed by atoms with Crippen LogP contribution in [0.1, 0.15) is 37.8 Å². The zero-order chi connectivity index (χ0) is 14.0. The van der Waals surface area contributed by atoms with Crippen LogP contribution in [0.2, 0.25) is 0 Å². The number of ether oxygens (including phenoxy) is 1. The summed E-state index contributed by atoms with van der Waals surface area (Å²) in [6.45, 7) is 9.38. The molecule has 1 aromatic rings. The van der Waals surface area contributed by atoms with Gasteiger partial charge in [0, 0.05) is 19.0 Å². The first-order valence-corrected chi connectivity index (χ1v) is 6.87. The second-order valence-electron chi connectivity index (χ2n) is 6.26. The van der Waals surface area contributed by atoms with Gasteiger partial charge in [-0.1, -0.05) is 24.3 Å². The minimum atomic E-state index is -0.421. The molecule has 0 radical (unpaired) electrons. The summed E-state index contributed by atoms with van der Waals surface area (Å²) in [7, 11) is 0. The van der Waals surface area contributed by atoms with E-state index < -0.39 is 5.60 Å². The molecule has 104 valence electrons. The van der Waals surface area contributed by atoms with Gasteiger partial charge in [-0.05, 0) is 38.8 Å². The predicted molar refractivity (Wildman–Crippen MR) is 76.1 cm³/mol. The van der Waals surface area contributed by atoms with Gasteiger partial charge in [0.2, 0.25) is 0 Å². The summed E-state index contributed by atoms with van der Waals surface area (Å²) in [5.41, 5.74) is 2.07. The third kappa shape index (κ3) is 3.35. The maximum absolute atomic E-state index is 12.3. The van der Waals surface area contributed by atoms with Gasteiger partial charge in [0.25, 0.3) is 0 Å². The smallest absolute Gasteiger partial charge is 0.311 e. The van der Waals surface area contributed by atoms with Crippen LogP contribution in [-0.4, -0.2) is 24.7 Å². The lowest BCUT2D eigenvalue weighted by Crippen LogP contribution is -2.31. The number of carbonyl (C=O) groups is 1. The second kappa shape index (κ2) is 5.33. The fraction of sp³-hybridized carbons (Fsp3) is 0.562. The minimum absolute atomic E-state index is 0.0830. The maximum atomic E-state index is 12.3. The summed E-state index contributed by atoms with van der Waals surface area (Å²) < 4.78 is 5.53. The molecule has 0 amide bonds. The number of hydrogen-bond donors (Lipinski definition) is 1. The fourth-order valence-electron chi connectivity index (χ4n) is 2.63. The molecule has 1 N–H and O–H groups in total. The Morgan fingerprint density at radius 1 is 1.26 bits per heavy atom. The molecule has 2 atom stereocenters. The molecule has 1 aromatic carbocycles. The lowest BCUT2D eigenvalue weighted by atomic mass is 9.86. The summed E-state index contributed by atoms with van der Waals surface area (Å²) in [4.78, 5) is 12.3. The number of rotatable bonds is 2. The van der Waals surface area contributed by atoms with Crippen molar-refractivity contribution < 1.29 is 9.53 Å². The van der Waals surface area contributed by atoms with E-state index in [1.807, 2.05) is 32.9 Å². The van der Waals surface area contributed by atoms with E-state index in [4.69, 9.17) is 4.74 Å². The van der Waals surface area contributed by atoms with Crippen LogP contribution in [0.4, 0.5) is 0 Å². The number of benzene rings is 1. The zero-order valence-corrected chi connectivity index (χ0v) is 12.2. The SMILES string of the molecule is Cc1ccccc1[C@@H]1CNC[C@H]1C(=O)OC(C)(C)C. The van der Waals surface area contributed by atoms with Gasteiger partial charge in [0.1, 0.15) is 5.60 Å². The van der Waals surface area contributed by atoms with Crippen LogP contribution >= 0.6 is 0 Å². The summed E-state index contributed by atoms with van der Waals surface area (Å²) >= 11 is 0. The maximum Gasteiger partial charge on any atom is 0.311 e. The molecule has 1 aliphatic rings. The molecule has 0 bridgehead atoms. The van der Waals surface area contributed by atoms with Gasteiger partial charge in [-0.2, -0.15) is 0 Å². The van der Waals surface area contributed by atoms with Gasteiger partial charge < -0.3 is 10.1 Å². The van der Waals surface area contributed by atoms with E-state index in [1.54, 1.807) is 0 Å². The fourth-order valence-corrected chi connectivity index (χ4v) is 2.63. The Hall–Kier alpha value is -1.35. The lowest BCUT2D eigenvalue weighted by Gasteiger charge is -2.25. The van der Waals surface area contributed by atoms with E-state index in [2.05, 4.69) is 24.4 Å². The molecule has 1 fully saturated rings. The standard InChI is InChI=1S/C16H23NO2/c1-11-7-5-6-8-12(11)13-9-17-10-14(13)15(18)19-16(2,3)4/h5-8,13-14,17H,9-10H2,1-4H3/t13-,14+/m0/s1. The Kier molecular flexibility index (Phi) is 3.95. The highest BCUT2D eigenvalue weighted by Gasteiger charge is 2.37. The molecular formula is C16H23NO2. The highest BCUT2D eigenvalue weighted by molar-refractivity contribution is 5.75. The quantitative estimate of drug-likeness (QED) is 0.832. The van der Waals surface area contributed by atoms with Crippen molar-refractivity contribution in [2.75, 3.05) is 13.1 Å². The Balaban J connectivity index is 2.18. The molecule has 0 saturated carbocycles. The monoisotopic (exact) mass is 261 g/mol. The van der Waals surface area contributed by atoms with Crippen molar-refractivity contribution in [3.63, 3.8) is 0 Å². The first-order valence-electron chi connectivity index (χ1n) is 6.87. The minimum Gasteiger partial charge on any atom is -0.460 e. The number of nitrogens with one attached hydrogen (secondary N) is 1. The van der Waals surface area contributed by atoms with E-state index >= 15 is 0 Å². The van der Waals surface area contributed by atoms with Crippen LogP contribution in [0, 0.1) is 12.8 Å². The van der Waals surface area contributed by atoms with E-state index in [9.17, 15) is 4.79 Å². The number of aryl methyl sites for hydroxylation is 1. The molecular weight excluding hydrogens is 238 g/mol. The van der Waals surface area contributed by atoms with Crippen molar-refractivity contribution in [2.24, 2.45) is 5.92 Å². The summed E-state index contributed by atoms with van der Waals surface area (Å²) in [6.07, 6.45) is 0. The third-order valence-corrected chi connectivity index (χ3v) is 3.51. The molecule has 1 saturated heterocycles. The summed E-state index contributed by atoms with van der Waals surface area (Å²) in [5, 5.41) is 3.31. The van der Waals surface area contributed by atoms with E-state index in [-0.39, 0.29) is 17.8 Å². The molecule has 3 heteroatoms. The van der Waals surface area contributed by atoms with Gasteiger partial charge in [-0.15, -0.1) is 0 Å². The normalized spacial score (nSPS) is 23.4. The van der Waals surface area contributed by atoms with Crippen molar-refractivity contribution in [2.45, 2.75) is 39.2 Å². The second-order valence-corrected chi connectivity index (χ2v) is 6.26. The van der Waals surface area contributed by atoms with E-state index in [0.29, 0.717) is 6.54 Å². The van der Waals surface area contributed by atoms with Crippen molar-refractivity contribution in [1.82, 2.24) is 5.32 Å². The molecule has 0 aliphatic carbocycles. The average molecular weight is 261 g/mol. The summed E-state index contributed by atoms with van der Waals surface area (Å²) in [5.74, 6) is 0.0436. The number of esters is 1. The molecule has 0 aromatic heterocycles. The predicted octanol–water partition coefficient (Wildman–Crippen LogP) is 2.64. The molecule has 0 spiro atoms. The third-order valence-electron chi connectivity index (χ3n) is 3.51. The summed E-state index contributed by atoms with van der Waals surface area (Å²) in [6, 6.07) is 8.28. The molecule has 1 aliphatic heterocycles. The zero-order valence-electron chi connectivity index (χ0n) is 12.2. The van der Waals surface area contributed by atoms with Crippen LogP contribution in [0.25, 0.3) is 0 Å². The van der Waals surface area contributed by atoms with Crippen molar-refractivity contribution >= 4 is 5.97 Å². The van der Waals surface area contributed by atoms with Crippen LogP contribution in [0.3, 0.4) is 0 Å². The van der Waals surface area contributed by atoms with Crippen LogP contribution in [0.5, 0.6) is 0 Å². The van der Waals surface area contributed by atoms with Crippen molar-refractivity contribution in [3.05, 3.63) is 35.4 Å². The van der Waals surface area contributed by atoms with Gasteiger partial charge in [-0.25, -0.2) is 0 Å². The molecule has 1 heterocycles. The highest BCUT2D eigenvalue weighted by atomic mass is 16.6. The molecule has 3 nitrogen and oxygen atoms in total. The highest BCUT2D eigenvalue weighted by Crippen LogP contribution is 2.31. The molecule has 19 heavy (non-hydrogen) atoms. The van der Waals surface area contributed by atoms with Gasteiger partial charge in [0.05, 0.1) is 5.92 Å². The first-order chi connectivity index (χ1) is 8.88. The number of carbonyl (C=O) groups excluding carboxylic acids is 1. The van der Waals surface area contributed by atoms with Crippen molar-refractivity contribution in [1.29, 1.82) is 0 Å². The molecule has 0 unspecified atom stereocenters. The van der Waals surface area contributed by atoms with E-state index in [1.165, 1.54) is 11.1 Å². The Labute approximate surface area is 115 Å². The molecule has 2 rings (SSSR count). The largest absolute Gasteiger partial charge is 0.460 e. The number of hydrogen-bond acceptors (Lipinski definition) is 3. The Morgan fingerprint density at radius 3 is 2.58 bits per heavy atom. The Bertz CT molecular complexity index is 462. The average Bonchev–Trinajstić information content (AvgIpc) is 2.76. The van der Waals surface area contributed by atoms with Gasteiger partial charge >= 0.3 is 5.97 Å². The van der Waals surface area contributed by atoms with Crippen molar-refractivity contribution in [3.8, 4) is 0 Å². The van der Waals surface area contributed by atoms with Gasteiger partial charge in [-0.3, -0.25) is 4.79 Å².